The number of rotatable bonds is 5. The quantitative estimate of drug-likeness (QED) is 0.487. The van der Waals surface area contributed by atoms with E-state index in [1.165, 1.54) is 6.07 Å². The molecule has 0 aliphatic carbocycles. The van der Waals surface area contributed by atoms with Gasteiger partial charge in [0.1, 0.15) is 11.2 Å². The molecule has 2 heterocycles. The number of fused-ring (bicyclic) bond motifs is 1. The van der Waals surface area contributed by atoms with Crippen molar-refractivity contribution in [2.24, 2.45) is 0 Å². The Morgan fingerprint density at radius 1 is 1.12 bits per heavy atom. The van der Waals surface area contributed by atoms with E-state index in [4.69, 9.17) is 9.15 Å². The van der Waals surface area contributed by atoms with E-state index in [1.54, 1.807) is 15.9 Å². The molecule has 0 radical (unpaired) electrons. The molecule has 3 rings (SSSR count). The average Bonchev–Trinajstić information content (AvgIpc) is 2.72. The van der Waals surface area contributed by atoms with Crippen molar-refractivity contribution in [1.29, 1.82) is 0 Å². The highest BCUT2D eigenvalue weighted by atomic mass is 16.6. The van der Waals surface area contributed by atoms with E-state index in [-0.39, 0.29) is 18.5 Å². The number of piperazine rings is 1. The van der Waals surface area contributed by atoms with Gasteiger partial charge in [-0.25, -0.2) is 9.59 Å². The van der Waals surface area contributed by atoms with Crippen LogP contribution < -0.4 is 10.5 Å². The molecule has 1 aromatic heterocycles. The summed E-state index contributed by atoms with van der Waals surface area (Å²) < 4.78 is 10.8. The lowest BCUT2D eigenvalue weighted by Gasteiger charge is -2.36. The molecule has 1 saturated heterocycles. The van der Waals surface area contributed by atoms with Crippen molar-refractivity contribution in [3.05, 3.63) is 51.9 Å². The second kappa shape index (κ2) is 10.4. The smallest absolute Gasteiger partial charge is 0.410 e. The molecule has 8 heteroatoms. The molecule has 0 spiro atoms. The number of allylic oxidation sites excluding steroid dienone is 1. The Morgan fingerprint density at radius 2 is 1.79 bits per heavy atom. The maximum Gasteiger partial charge on any atom is 0.410 e. The van der Waals surface area contributed by atoms with Gasteiger partial charge in [0.05, 0.1) is 6.54 Å². The Balaban J connectivity index is 1.73. The first-order chi connectivity index (χ1) is 15.9. The molecule has 0 N–H and O–H groups in total. The highest BCUT2D eigenvalue weighted by Gasteiger charge is 2.27. The second-order valence-corrected chi connectivity index (χ2v) is 9.96. The van der Waals surface area contributed by atoms with Crippen LogP contribution in [0.2, 0.25) is 0 Å². The van der Waals surface area contributed by atoms with Crippen LogP contribution in [0.1, 0.15) is 40.2 Å². The van der Waals surface area contributed by atoms with Gasteiger partial charge in [-0.2, -0.15) is 0 Å². The number of nitrogens with zero attached hydrogens (tertiary/aromatic N) is 3. The molecule has 184 valence electrons. The highest BCUT2D eigenvalue weighted by molar-refractivity contribution is 5.97. The zero-order valence-electron chi connectivity index (χ0n) is 21.0. The highest BCUT2D eigenvalue weighted by Crippen LogP contribution is 2.24. The number of aryl methyl sites for hydroxylation is 1. The van der Waals surface area contributed by atoms with Crippen LogP contribution in [0.25, 0.3) is 11.0 Å². The molecule has 1 aliphatic heterocycles. The fourth-order valence-corrected chi connectivity index (χ4v) is 3.80. The van der Waals surface area contributed by atoms with Crippen molar-refractivity contribution in [3.8, 4) is 0 Å². The monoisotopic (exact) mass is 469 g/mol. The molecule has 34 heavy (non-hydrogen) atoms. The van der Waals surface area contributed by atoms with Crippen LogP contribution in [0, 0.1) is 6.92 Å². The van der Waals surface area contributed by atoms with Gasteiger partial charge in [-0.1, -0.05) is 11.6 Å². The number of hydrogen-bond acceptors (Lipinski definition) is 6. The zero-order chi connectivity index (χ0) is 25.0. The molecule has 0 saturated carbocycles. The van der Waals surface area contributed by atoms with E-state index < -0.39 is 11.2 Å². The van der Waals surface area contributed by atoms with Crippen molar-refractivity contribution < 1.29 is 18.7 Å². The van der Waals surface area contributed by atoms with Crippen LogP contribution in [-0.4, -0.2) is 66.7 Å². The van der Waals surface area contributed by atoms with Gasteiger partial charge in [-0.15, -0.1) is 0 Å². The van der Waals surface area contributed by atoms with E-state index in [9.17, 15) is 14.4 Å². The predicted octanol–water partition coefficient (Wildman–Crippen LogP) is 3.95. The summed E-state index contributed by atoms with van der Waals surface area (Å²) >= 11 is 0. The normalized spacial score (nSPS) is 14.7. The van der Waals surface area contributed by atoms with E-state index in [1.807, 2.05) is 64.7 Å². The van der Waals surface area contributed by atoms with Gasteiger partial charge in [0, 0.05) is 55.9 Å². The van der Waals surface area contributed by atoms with E-state index >= 15 is 0 Å². The Labute approximate surface area is 200 Å². The largest absolute Gasteiger partial charge is 0.444 e. The topological polar surface area (TPSA) is 83.3 Å². The molecule has 2 amide bonds. The second-order valence-electron chi connectivity index (χ2n) is 9.96. The summed E-state index contributed by atoms with van der Waals surface area (Å²) in [5, 5.41) is 0.844. The summed E-state index contributed by atoms with van der Waals surface area (Å²) in [5.74, 6) is -0.0578. The maximum atomic E-state index is 13.4. The lowest BCUT2D eigenvalue weighted by molar-refractivity contribution is -0.120. The Kier molecular flexibility index (Phi) is 7.82. The third-order valence-corrected chi connectivity index (χ3v) is 5.61. The van der Waals surface area contributed by atoms with Gasteiger partial charge in [0.25, 0.3) is 0 Å². The lowest BCUT2D eigenvalue weighted by Crippen LogP contribution is -2.52. The Morgan fingerprint density at radius 3 is 2.41 bits per heavy atom. The first kappa shape index (κ1) is 25.5. The van der Waals surface area contributed by atoms with Crippen LogP contribution in [0.3, 0.4) is 0 Å². The van der Waals surface area contributed by atoms with Crippen LogP contribution in [0.4, 0.5) is 10.5 Å². The first-order valence-corrected chi connectivity index (χ1v) is 11.6. The van der Waals surface area contributed by atoms with Crippen molar-refractivity contribution in [2.75, 3.05) is 44.2 Å². The van der Waals surface area contributed by atoms with Crippen LogP contribution >= 0.6 is 0 Å². The molecule has 0 atom stereocenters. The van der Waals surface area contributed by atoms with Gasteiger partial charge >= 0.3 is 11.7 Å². The summed E-state index contributed by atoms with van der Waals surface area (Å²) in [6, 6.07) is 6.98. The zero-order valence-corrected chi connectivity index (χ0v) is 21.0. The van der Waals surface area contributed by atoms with Crippen molar-refractivity contribution >= 4 is 28.7 Å². The fourth-order valence-electron chi connectivity index (χ4n) is 3.80. The first-order valence-electron chi connectivity index (χ1n) is 11.6. The third kappa shape index (κ3) is 6.70. The maximum absolute atomic E-state index is 13.4. The molecule has 0 bridgehead atoms. The molecule has 2 aromatic rings. The molecule has 0 unspecified atom stereocenters. The summed E-state index contributed by atoms with van der Waals surface area (Å²) in [7, 11) is 0. The number of benzene rings is 1. The minimum atomic E-state index is -0.535. The standard InChI is InChI=1S/C26H35N3O5/c1-18(2)9-10-29(20-7-8-21-19(3)15-24(31)33-22(21)16-20)23(30)17-27-11-13-28(14-12-27)25(32)34-26(4,5)6/h7-9,15-16H,10-14,17H2,1-6H3. The molecule has 1 aliphatic rings. The van der Waals surface area contributed by atoms with Gasteiger partial charge < -0.3 is 19.0 Å². The molecule has 1 aromatic carbocycles. The van der Waals surface area contributed by atoms with E-state index in [2.05, 4.69) is 0 Å². The van der Waals surface area contributed by atoms with Gasteiger partial charge in [-0.3, -0.25) is 9.69 Å². The van der Waals surface area contributed by atoms with Gasteiger partial charge in [0.15, 0.2) is 0 Å². The number of anilines is 1. The number of carbonyl (C=O) groups is 2. The SMILES string of the molecule is CC(C)=CCN(C(=O)CN1CCN(C(=O)OC(C)(C)C)CC1)c1ccc2c(C)cc(=O)oc2c1. The number of carbonyl (C=O) groups excluding carboxylic acids is 2. The van der Waals surface area contributed by atoms with Crippen LogP contribution in [0.5, 0.6) is 0 Å². The Bertz CT molecular complexity index is 1130. The number of ether oxygens (including phenoxy) is 1. The Hall–Kier alpha value is -3.13. The molecule has 8 nitrogen and oxygen atoms in total. The lowest BCUT2D eigenvalue weighted by atomic mass is 10.1. The summed E-state index contributed by atoms with van der Waals surface area (Å²) in [5.41, 5.74) is 2.13. The van der Waals surface area contributed by atoms with Crippen LogP contribution in [0.15, 0.2) is 45.1 Å². The number of hydrogen-bond donors (Lipinski definition) is 0. The van der Waals surface area contributed by atoms with E-state index in [0.29, 0.717) is 44.0 Å². The fraction of sp³-hybridized carbons (Fsp3) is 0.500. The predicted molar refractivity (Wildman–Crippen MR) is 133 cm³/mol. The summed E-state index contributed by atoms with van der Waals surface area (Å²) in [4.78, 5) is 42.9. The molecular formula is C26H35N3O5. The third-order valence-electron chi connectivity index (χ3n) is 5.61. The minimum absolute atomic E-state index is 0.0578. The van der Waals surface area contributed by atoms with Crippen molar-refractivity contribution in [1.82, 2.24) is 9.80 Å². The van der Waals surface area contributed by atoms with Gasteiger partial charge in [0.2, 0.25) is 5.91 Å². The molecular weight excluding hydrogens is 434 g/mol. The van der Waals surface area contributed by atoms with E-state index in [0.717, 1.165) is 16.5 Å². The minimum Gasteiger partial charge on any atom is -0.444 e. The molecule has 1 fully saturated rings. The average molecular weight is 470 g/mol. The van der Waals surface area contributed by atoms with Gasteiger partial charge in [-0.05, 0) is 59.2 Å². The van der Waals surface area contributed by atoms with Crippen molar-refractivity contribution in [3.63, 3.8) is 0 Å². The number of amides is 2. The summed E-state index contributed by atoms with van der Waals surface area (Å²) in [6.45, 7) is 14.2. The van der Waals surface area contributed by atoms with Crippen molar-refractivity contribution in [2.45, 2.75) is 47.1 Å². The summed E-state index contributed by atoms with van der Waals surface area (Å²) in [6.07, 6.45) is 1.67. The van der Waals surface area contributed by atoms with Crippen LogP contribution in [-0.2, 0) is 9.53 Å².